The van der Waals surface area contributed by atoms with Gasteiger partial charge >= 0.3 is 0 Å². The SMILES string of the molecule is Clc1ccc(P(c2ccc(Cl)cc2)c2ccc(Cl)cc2)cc1.Clc1ccc(P(c2ccc(Cl)cc2)c2ccc(Cl)cc2)cc1.Clc1ccc(P(c2ccc(Cl)cc2)c2ccc(Cl)cc2)cc1.Clc1ccc(P(c2ccc(Cl)cc2)c2ccc(Cl)cc2)cc1.[Ni]. The van der Waals surface area contributed by atoms with Crippen molar-refractivity contribution >= 4 is 235 Å². The van der Waals surface area contributed by atoms with Gasteiger partial charge in [-0.2, -0.15) is 0 Å². The number of hydrogen-bond acceptors (Lipinski definition) is 0. The van der Waals surface area contributed by atoms with Crippen LogP contribution in [0.4, 0.5) is 0 Å². The van der Waals surface area contributed by atoms with Gasteiger partial charge in [0.25, 0.3) is 0 Å². The minimum Gasteiger partial charge on any atom is -0.0843 e. The minimum atomic E-state index is -0.659. The van der Waals surface area contributed by atoms with E-state index < -0.39 is 31.7 Å². The molecule has 0 aliphatic rings. The van der Waals surface area contributed by atoms with Gasteiger partial charge in [0, 0.05) is 76.8 Å². The molecule has 0 aromatic heterocycles. The molecule has 17 heteroatoms. The molecule has 0 fully saturated rings. The molecule has 0 unspecified atom stereocenters. The molecule has 12 aromatic rings. The summed E-state index contributed by atoms with van der Waals surface area (Å²) in [6.07, 6.45) is 0. The van der Waals surface area contributed by atoms with Crippen molar-refractivity contribution in [2.75, 3.05) is 0 Å². The third-order valence-corrected chi connectivity index (χ3v) is 25.8. The zero-order valence-corrected chi connectivity index (χ0v) is 60.0. The molecule has 0 aliphatic heterocycles. The zero-order chi connectivity index (χ0) is 62.1. The summed E-state index contributed by atoms with van der Waals surface area (Å²) in [4.78, 5) is 0. The van der Waals surface area contributed by atoms with E-state index in [1.165, 1.54) is 63.7 Å². The van der Waals surface area contributed by atoms with Crippen molar-refractivity contribution in [2.24, 2.45) is 0 Å². The van der Waals surface area contributed by atoms with Crippen LogP contribution < -0.4 is 63.7 Å². The molecule has 0 atom stereocenters. The Morgan fingerprint density at radius 3 is 0.225 bits per heavy atom. The maximum atomic E-state index is 6.02. The van der Waals surface area contributed by atoms with Gasteiger partial charge in [0.15, 0.2) is 0 Å². The quantitative estimate of drug-likeness (QED) is 0.0845. The van der Waals surface area contributed by atoms with E-state index in [9.17, 15) is 0 Å². The van der Waals surface area contributed by atoms with Gasteiger partial charge in [-0.25, -0.2) is 0 Å². The van der Waals surface area contributed by atoms with Crippen molar-refractivity contribution in [1.82, 2.24) is 0 Å². The number of halogens is 12. The van der Waals surface area contributed by atoms with E-state index in [-0.39, 0.29) is 16.5 Å². The average Bonchev–Trinajstić information content (AvgIpc) is 2.73. The molecular weight excluding hydrogens is 1470 g/mol. The summed E-state index contributed by atoms with van der Waals surface area (Å²) >= 11 is 72.3. The number of rotatable bonds is 12. The molecule has 89 heavy (non-hydrogen) atoms. The predicted octanol–water partition coefficient (Wildman–Crippen LogP) is 21.6. The van der Waals surface area contributed by atoms with Crippen molar-refractivity contribution in [1.29, 1.82) is 0 Å². The van der Waals surface area contributed by atoms with E-state index in [1.807, 2.05) is 146 Å². The van der Waals surface area contributed by atoms with Gasteiger partial charge in [0.1, 0.15) is 0 Å². The van der Waals surface area contributed by atoms with Gasteiger partial charge < -0.3 is 0 Å². The average molecular weight is 1520 g/mol. The molecule has 0 heterocycles. The Hall–Kier alpha value is -3.67. The van der Waals surface area contributed by atoms with Gasteiger partial charge in [-0.15, -0.1) is 0 Å². The summed E-state index contributed by atoms with van der Waals surface area (Å²) in [5, 5.41) is 23.8. The second-order valence-electron chi connectivity index (χ2n) is 19.1. The van der Waals surface area contributed by atoms with Gasteiger partial charge in [-0.1, -0.05) is 285 Å². The second-order valence-corrected chi connectivity index (χ2v) is 33.2. The van der Waals surface area contributed by atoms with Crippen LogP contribution in [0.2, 0.25) is 60.3 Å². The van der Waals surface area contributed by atoms with Crippen LogP contribution in [0.3, 0.4) is 0 Å². The zero-order valence-electron chi connectivity index (χ0n) is 46.4. The van der Waals surface area contributed by atoms with Crippen LogP contribution in [-0.2, 0) is 16.5 Å². The summed E-state index contributed by atoms with van der Waals surface area (Å²) in [5.41, 5.74) is 0. The maximum Gasteiger partial charge on any atom is 0.0406 e. The van der Waals surface area contributed by atoms with Crippen molar-refractivity contribution in [2.45, 2.75) is 0 Å². The third-order valence-electron chi connectivity index (χ3n) is 13.0. The first-order valence-electron chi connectivity index (χ1n) is 26.8. The molecule has 0 radical (unpaired) electrons. The number of hydrogen-bond donors (Lipinski definition) is 0. The normalized spacial score (nSPS) is 10.8. The molecule has 12 aromatic carbocycles. The van der Waals surface area contributed by atoms with Crippen LogP contribution in [0.1, 0.15) is 0 Å². The van der Waals surface area contributed by atoms with Crippen molar-refractivity contribution in [3.05, 3.63) is 351 Å². The Balaban J connectivity index is 0.000000153. The minimum absolute atomic E-state index is 0. The number of benzene rings is 12. The Labute approximate surface area is 596 Å². The molecule has 0 nitrogen and oxygen atoms in total. The monoisotopic (exact) mass is 1510 g/mol. The molecule has 0 aliphatic carbocycles. The first-order valence-corrected chi connectivity index (χ1v) is 36.7. The molecule has 0 saturated carbocycles. The predicted molar refractivity (Wildman–Crippen MR) is 401 cm³/mol. The van der Waals surface area contributed by atoms with Crippen LogP contribution in [0, 0.1) is 0 Å². The van der Waals surface area contributed by atoms with Crippen molar-refractivity contribution in [3.8, 4) is 0 Å². The fourth-order valence-electron chi connectivity index (χ4n) is 8.87. The largest absolute Gasteiger partial charge is 0.0843 e. The summed E-state index contributed by atoms with van der Waals surface area (Å²) < 4.78 is 0. The molecule has 0 N–H and O–H groups in total. The van der Waals surface area contributed by atoms with Gasteiger partial charge in [-0.3, -0.25) is 0 Å². The van der Waals surface area contributed by atoms with Crippen LogP contribution in [-0.4, -0.2) is 0 Å². The van der Waals surface area contributed by atoms with Crippen LogP contribution in [0.25, 0.3) is 0 Å². The van der Waals surface area contributed by atoms with E-state index >= 15 is 0 Å². The standard InChI is InChI=1S/4C18H12Cl3P.Ni/c4*19-13-1-7-16(8-2-13)22(17-9-3-14(20)4-10-17)18-11-5-15(21)6-12-18;/h4*1-12H;. The van der Waals surface area contributed by atoms with Gasteiger partial charge in [0.05, 0.1) is 0 Å². The van der Waals surface area contributed by atoms with E-state index in [2.05, 4.69) is 146 Å². The van der Waals surface area contributed by atoms with Crippen molar-refractivity contribution in [3.63, 3.8) is 0 Å². The molecule has 0 saturated heterocycles. The molecule has 0 amide bonds. The molecule has 450 valence electrons. The first kappa shape index (κ1) is 71.2. The van der Waals surface area contributed by atoms with E-state index in [1.54, 1.807) is 0 Å². The van der Waals surface area contributed by atoms with Crippen LogP contribution in [0.5, 0.6) is 0 Å². The van der Waals surface area contributed by atoms with E-state index in [0.29, 0.717) is 0 Å². The Bertz CT molecular complexity index is 3120. The van der Waals surface area contributed by atoms with Gasteiger partial charge in [0.2, 0.25) is 0 Å². The van der Waals surface area contributed by atoms with Gasteiger partial charge in [-0.05, 0) is 241 Å². The summed E-state index contributed by atoms with van der Waals surface area (Å²) in [6, 6.07) is 96.2. The second kappa shape index (κ2) is 35.6. The van der Waals surface area contributed by atoms with E-state index in [0.717, 1.165) is 60.3 Å². The van der Waals surface area contributed by atoms with Crippen LogP contribution >= 0.6 is 171 Å². The fraction of sp³-hybridized carbons (Fsp3) is 0. The summed E-state index contributed by atoms with van der Waals surface area (Å²) in [5.74, 6) is 0. The smallest absolute Gasteiger partial charge is 0.0406 e. The molecule has 0 spiro atoms. The molecule has 0 bridgehead atoms. The van der Waals surface area contributed by atoms with Crippen LogP contribution in [0.15, 0.2) is 291 Å². The van der Waals surface area contributed by atoms with E-state index in [4.69, 9.17) is 139 Å². The van der Waals surface area contributed by atoms with Crippen molar-refractivity contribution < 1.29 is 16.5 Å². The Kier molecular flexibility index (Phi) is 28.4. The topological polar surface area (TPSA) is 0 Å². The molecule has 12 rings (SSSR count). The Morgan fingerprint density at radius 1 is 0.112 bits per heavy atom. The fourth-order valence-corrected chi connectivity index (χ4v) is 19.3. The maximum absolute atomic E-state index is 6.02. The summed E-state index contributed by atoms with van der Waals surface area (Å²) in [7, 11) is -2.64. The first-order chi connectivity index (χ1) is 42.5. The summed E-state index contributed by atoms with van der Waals surface area (Å²) in [6.45, 7) is 0. The Morgan fingerprint density at radius 2 is 0.169 bits per heavy atom. The molecular formula is C72H48Cl12NiP4. The third kappa shape index (κ3) is 21.2.